The lowest BCUT2D eigenvalue weighted by Gasteiger charge is -2.26. The maximum atomic E-state index is 12.6. The SMILES string of the molecule is CC(NC(=O)CNC(=O)C1CCCN1C(=O)CNC(=O)C(N)CCC(N)=O)C(=O)N1CCCC1C(=O)O. The Hall–Kier alpha value is -3.75. The Morgan fingerprint density at radius 3 is 2.19 bits per heavy atom. The fourth-order valence-electron chi connectivity index (χ4n) is 4.34. The van der Waals surface area contributed by atoms with Crippen molar-refractivity contribution in [2.24, 2.45) is 11.5 Å². The number of nitrogens with zero attached hydrogens (tertiary/aromatic N) is 2. The van der Waals surface area contributed by atoms with Gasteiger partial charge in [0.1, 0.15) is 18.1 Å². The molecule has 0 radical (unpaired) electrons. The highest BCUT2D eigenvalue weighted by atomic mass is 16.4. The summed E-state index contributed by atoms with van der Waals surface area (Å²) in [7, 11) is 0. The zero-order valence-corrected chi connectivity index (χ0v) is 20.7. The summed E-state index contributed by atoms with van der Waals surface area (Å²) < 4.78 is 0. The molecule has 2 rings (SSSR count). The van der Waals surface area contributed by atoms with E-state index in [2.05, 4.69) is 16.0 Å². The summed E-state index contributed by atoms with van der Waals surface area (Å²) in [5.41, 5.74) is 10.7. The van der Waals surface area contributed by atoms with Crippen LogP contribution in [-0.4, -0.2) is 107 Å². The zero-order valence-electron chi connectivity index (χ0n) is 20.7. The van der Waals surface area contributed by atoms with Gasteiger partial charge in [0.2, 0.25) is 35.4 Å². The fraction of sp³-hybridized carbons (Fsp3) is 0.682. The number of carbonyl (C=O) groups excluding carboxylic acids is 6. The van der Waals surface area contributed by atoms with Gasteiger partial charge in [0.15, 0.2) is 0 Å². The molecule has 0 aromatic carbocycles. The lowest BCUT2D eigenvalue weighted by Crippen LogP contribution is -2.53. The summed E-state index contributed by atoms with van der Waals surface area (Å²) in [6, 6.07) is -3.74. The third-order valence-electron chi connectivity index (χ3n) is 6.32. The van der Waals surface area contributed by atoms with Crippen LogP contribution in [0.5, 0.6) is 0 Å². The minimum absolute atomic E-state index is 0.0363. The molecule has 2 aliphatic rings. The number of carboxylic acids is 1. The minimum atomic E-state index is -1.10. The van der Waals surface area contributed by atoms with Crippen molar-refractivity contribution in [1.82, 2.24) is 25.8 Å². The molecule has 2 fully saturated rings. The number of nitrogens with one attached hydrogen (secondary N) is 3. The molecule has 2 saturated heterocycles. The molecular formula is C22H35N7O8. The Balaban J connectivity index is 1.79. The van der Waals surface area contributed by atoms with E-state index in [1.165, 1.54) is 16.7 Å². The molecule has 0 spiro atoms. The van der Waals surface area contributed by atoms with Crippen molar-refractivity contribution in [3.63, 3.8) is 0 Å². The van der Waals surface area contributed by atoms with Crippen LogP contribution in [0.15, 0.2) is 0 Å². The van der Waals surface area contributed by atoms with Gasteiger partial charge in [-0.15, -0.1) is 0 Å². The molecule has 15 heteroatoms. The van der Waals surface area contributed by atoms with Crippen LogP contribution in [0.25, 0.3) is 0 Å². The van der Waals surface area contributed by atoms with Crippen molar-refractivity contribution in [2.75, 3.05) is 26.2 Å². The number of carbonyl (C=O) groups is 7. The number of rotatable bonds is 12. The Morgan fingerprint density at radius 2 is 1.57 bits per heavy atom. The Morgan fingerprint density at radius 1 is 0.946 bits per heavy atom. The van der Waals surface area contributed by atoms with Crippen LogP contribution >= 0.6 is 0 Å². The van der Waals surface area contributed by atoms with Crippen LogP contribution in [0.4, 0.5) is 0 Å². The van der Waals surface area contributed by atoms with Crippen LogP contribution in [0.1, 0.15) is 45.4 Å². The second-order valence-electron chi connectivity index (χ2n) is 9.11. The van der Waals surface area contributed by atoms with E-state index in [-0.39, 0.29) is 25.9 Å². The van der Waals surface area contributed by atoms with E-state index in [0.717, 1.165) is 0 Å². The molecular weight excluding hydrogens is 490 g/mol. The molecule has 2 heterocycles. The highest BCUT2D eigenvalue weighted by Crippen LogP contribution is 2.19. The van der Waals surface area contributed by atoms with E-state index in [0.29, 0.717) is 32.2 Å². The smallest absolute Gasteiger partial charge is 0.326 e. The fourth-order valence-corrected chi connectivity index (χ4v) is 4.34. The molecule has 0 bridgehead atoms. The van der Waals surface area contributed by atoms with Gasteiger partial charge < -0.3 is 42.3 Å². The topological polar surface area (TPSA) is 234 Å². The molecule has 8 N–H and O–H groups in total. The average Bonchev–Trinajstić information content (AvgIpc) is 3.53. The second kappa shape index (κ2) is 13.5. The van der Waals surface area contributed by atoms with Crippen LogP contribution in [0, 0.1) is 0 Å². The van der Waals surface area contributed by atoms with Gasteiger partial charge in [-0.1, -0.05) is 0 Å². The second-order valence-corrected chi connectivity index (χ2v) is 9.11. The van der Waals surface area contributed by atoms with E-state index in [9.17, 15) is 38.7 Å². The molecule has 15 nitrogen and oxygen atoms in total. The van der Waals surface area contributed by atoms with Crippen LogP contribution < -0.4 is 27.4 Å². The molecule has 0 saturated carbocycles. The number of amides is 6. The number of likely N-dealkylation sites (tertiary alicyclic amines) is 2. The van der Waals surface area contributed by atoms with Gasteiger partial charge in [-0.05, 0) is 39.0 Å². The van der Waals surface area contributed by atoms with Crippen molar-refractivity contribution in [1.29, 1.82) is 0 Å². The van der Waals surface area contributed by atoms with Crippen molar-refractivity contribution in [2.45, 2.75) is 69.6 Å². The van der Waals surface area contributed by atoms with E-state index >= 15 is 0 Å². The first kappa shape index (κ1) is 29.5. The number of hydrogen-bond acceptors (Lipinski definition) is 8. The maximum absolute atomic E-state index is 12.6. The van der Waals surface area contributed by atoms with Gasteiger partial charge in [-0.3, -0.25) is 28.8 Å². The van der Waals surface area contributed by atoms with Crippen molar-refractivity contribution < 1.29 is 38.7 Å². The first-order valence-corrected chi connectivity index (χ1v) is 12.1. The molecule has 0 aliphatic carbocycles. The molecule has 37 heavy (non-hydrogen) atoms. The lowest BCUT2D eigenvalue weighted by molar-refractivity contribution is -0.149. The van der Waals surface area contributed by atoms with Gasteiger partial charge in [0.05, 0.1) is 19.1 Å². The largest absolute Gasteiger partial charge is 0.480 e. The quantitative estimate of drug-likeness (QED) is 0.147. The zero-order chi connectivity index (χ0) is 27.7. The summed E-state index contributed by atoms with van der Waals surface area (Å²) in [5, 5.41) is 16.5. The van der Waals surface area contributed by atoms with Crippen LogP contribution in [0.3, 0.4) is 0 Å². The lowest BCUT2D eigenvalue weighted by atomic mass is 10.1. The number of aliphatic carboxylic acids is 1. The van der Waals surface area contributed by atoms with Crippen molar-refractivity contribution >= 4 is 41.4 Å². The molecule has 4 atom stereocenters. The van der Waals surface area contributed by atoms with Gasteiger partial charge in [-0.2, -0.15) is 0 Å². The summed E-state index contributed by atoms with van der Waals surface area (Å²) >= 11 is 0. The summed E-state index contributed by atoms with van der Waals surface area (Å²) in [5.74, 6) is -4.55. The summed E-state index contributed by atoms with van der Waals surface area (Å²) in [4.78, 5) is 86.6. The number of carboxylic acid groups (broad SMARTS) is 1. The highest BCUT2D eigenvalue weighted by molar-refractivity contribution is 5.94. The molecule has 0 aromatic rings. The molecule has 4 unspecified atom stereocenters. The summed E-state index contributed by atoms with van der Waals surface area (Å²) in [6.45, 7) is 1.19. The molecule has 0 aromatic heterocycles. The van der Waals surface area contributed by atoms with Crippen LogP contribution in [-0.2, 0) is 33.6 Å². The third-order valence-corrected chi connectivity index (χ3v) is 6.32. The maximum Gasteiger partial charge on any atom is 0.326 e. The van der Waals surface area contributed by atoms with Gasteiger partial charge in [0.25, 0.3) is 0 Å². The molecule has 206 valence electrons. The highest BCUT2D eigenvalue weighted by Gasteiger charge is 2.37. The standard InChI is InChI=1S/C22H35N7O8/c1-12(21(35)29-9-3-5-15(29)22(36)37)27-17(31)10-25-20(34)14-4-2-8-28(14)18(32)11-26-19(33)13(23)6-7-16(24)30/h12-15H,2-11,23H2,1H3,(H2,24,30)(H,25,34)(H,26,33)(H,27,31)(H,36,37). The van der Waals surface area contributed by atoms with E-state index in [1.54, 1.807) is 0 Å². The van der Waals surface area contributed by atoms with Crippen LogP contribution in [0.2, 0.25) is 0 Å². The summed E-state index contributed by atoms with van der Waals surface area (Å²) in [6.07, 6.45) is 1.79. The average molecular weight is 526 g/mol. The predicted octanol–water partition coefficient (Wildman–Crippen LogP) is -3.62. The van der Waals surface area contributed by atoms with Crippen molar-refractivity contribution in [3.05, 3.63) is 0 Å². The molecule has 2 aliphatic heterocycles. The number of nitrogens with two attached hydrogens (primary N) is 2. The molecule has 6 amide bonds. The normalized spacial score (nSPS) is 20.6. The Kier molecular flexibility index (Phi) is 10.8. The van der Waals surface area contributed by atoms with Gasteiger partial charge >= 0.3 is 5.97 Å². The predicted molar refractivity (Wildman–Crippen MR) is 127 cm³/mol. The number of primary amides is 1. The van der Waals surface area contributed by atoms with E-state index in [4.69, 9.17) is 11.5 Å². The monoisotopic (exact) mass is 525 g/mol. The Bertz CT molecular complexity index is 927. The first-order valence-electron chi connectivity index (χ1n) is 12.1. The minimum Gasteiger partial charge on any atom is -0.480 e. The van der Waals surface area contributed by atoms with E-state index in [1.807, 2.05) is 0 Å². The third kappa shape index (κ3) is 8.41. The van der Waals surface area contributed by atoms with E-state index < -0.39 is 72.1 Å². The van der Waals surface area contributed by atoms with Gasteiger partial charge in [0, 0.05) is 19.5 Å². The van der Waals surface area contributed by atoms with Gasteiger partial charge in [-0.25, -0.2) is 4.79 Å². The Labute approximate surface area is 213 Å². The first-order chi connectivity index (χ1) is 17.4. The number of hydrogen-bond donors (Lipinski definition) is 6. The van der Waals surface area contributed by atoms with Crippen molar-refractivity contribution in [3.8, 4) is 0 Å².